The van der Waals surface area contributed by atoms with Crippen molar-refractivity contribution in [3.8, 4) is 5.75 Å². The second kappa shape index (κ2) is 8.43. The first-order valence-electron chi connectivity index (χ1n) is 8.53. The fraction of sp³-hybridized carbons (Fsp3) is 0.200. The van der Waals surface area contributed by atoms with Gasteiger partial charge in [-0.3, -0.25) is 14.5 Å². The fourth-order valence-corrected chi connectivity index (χ4v) is 3.71. The highest BCUT2D eigenvalue weighted by molar-refractivity contribution is 6.41. The van der Waals surface area contributed by atoms with Crippen LogP contribution in [0.2, 0.25) is 15.1 Å². The van der Waals surface area contributed by atoms with Gasteiger partial charge in [-0.15, -0.1) is 0 Å². The van der Waals surface area contributed by atoms with Crippen LogP contribution in [0.5, 0.6) is 5.75 Å². The van der Waals surface area contributed by atoms with E-state index in [0.717, 1.165) is 0 Å². The van der Waals surface area contributed by atoms with Gasteiger partial charge in [-0.2, -0.15) is 0 Å². The molecule has 0 unspecified atom stereocenters. The Balaban J connectivity index is 2.10. The minimum atomic E-state index is -0.417. The zero-order chi connectivity index (χ0) is 20.4. The molecular formula is C20H17Cl3N2O3. The summed E-state index contributed by atoms with van der Waals surface area (Å²) in [5.41, 5.74) is 1.32. The minimum absolute atomic E-state index is 0.143. The molecule has 146 valence electrons. The molecule has 0 spiro atoms. The predicted octanol–water partition coefficient (Wildman–Crippen LogP) is 5.26. The highest BCUT2D eigenvalue weighted by atomic mass is 35.5. The van der Waals surface area contributed by atoms with Gasteiger partial charge < -0.3 is 10.1 Å². The second-order valence-corrected chi connectivity index (χ2v) is 7.36. The first kappa shape index (κ1) is 20.5. The van der Waals surface area contributed by atoms with Gasteiger partial charge in [0.05, 0.1) is 22.7 Å². The molecule has 0 saturated carbocycles. The lowest BCUT2D eigenvalue weighted by Gasteiger charge is -2.14. The number of halogens is 3. The predicted molar refractivity (Wildman–Crippen MR) is 112 cm³/mol. The summed E-state index contributed by atoms with van der Waals surface area (Å²) in [7, 11) is 1.51. The van der Waals surface area contributed by atoms with E-state index < -0.39 is 11.8 Å². The van der Waals surface area contributed by atoms with E-state index in [1.54, 1.807) is 30.3 Å². The van der Waals surface area contributed by atoms with Crippen LogP contribution in [0.25, 0.3) is 5.57 Å². The normalized spacial score (nSPS) is 14.1. The summed E-state index contributed by atoms with van der Waals surface area (Å²) in [6, 6.07) is 9.79. The summed E-state index contributed by atoms with van der Waals surface area (Å²) in [5.74, 6) is -0.318. The smallest absolute Gasteiger partial charge is 0.278 e. The molecule has 28 heavy (non-hydrogen) atoms. The van der Waals surface area contributed by atoms with Crippen LogP contribution in [-0.4, -0.2) is 30.4 Å². The molecule has 2 aromatic carbocycles. The van der Waals surface area contributed by atoms with Gasteiger partial charge >= 0.3 is 0 Å². The van der Waals surface area contributed by atoms with Gasteiger partial charge in [0.25, 0.3) is 11.8 Å². The van der Waals surface area contributed by atoms with E-state index in [1.165, 1.54) is 18.1 Å². The Hall–Kier alpha value is -2.21. The highest BCUT2D eigenvalue weighted by Gasteiger charge is 2.39. The van der Waals surface area contributed by atoms with Crippen LogP contribution in [0.4, 0.5) is 5.69 Å². The van der Waals surface area contributed by atoms with Crippen molar-refractivity contribution in [3.63, 3.8) is 0 Å². The third-order valence-corrected chi connectivity index (χ3v) is 5.08. The van der Waals surface area contributed by atoms with E-state index in [9.17, 15) is 9.59 Å². The van der Waals surface area contributed by atoms with Crippen molar-refractivity contribution in [2.24, 2.45) is 0 Å². The van der Waals surface area contributed by atoms with Crippen molar-refractivity contribution in [1.82, 2.24) is 4.90 Å². The quantitative estimate of drug-likeness (QED) is 0.624. The van der Waals surface area contributed by atoms with Crippen LogP contribution in [0.1, 0.15) is 18.9 Å². The van der Waals surface area contributed by atoms with Crippen molar-refractivity contribution >= 4 is 57.9 Å². The van der Waals surface area contributed by atoms with Gasteiger partial charge in [0.2, 0.25) is 0 Å². The van der Waals surface area contributed by atoms with Gasteiger partial charge in [0.15, 0.2) is 0 Å². The summed E-state index contributed by atoms with van der Waals surface area (Å²) in [6.45, 7) is 2.20. The first-order valence-corrected chi connectivity index (χ1v) is 9.67. The van der Waals surface area contributed by atoms with E-state index in [4.69, 9.17) is 39.5 Å². The molecule has 1 N–H and O–H groups in total. The van der Waals surface area contributed by atoms with E-state index in [2.05, 4.69) is 5.32 Å². The Bertz CT molecular complexity index is 989. The van der Waals surface area contributed by atoms with E-state index in [-0.39, 0.29) is 16.3 Å². The molecule has 1 aliphatic heterocycles. The molecule has 0 bridgehead atoms. The maximum Gasteiger partial charge on any atom is 0.278 e. The Kier molecular flexibility index (Phi) is 6.18. The molecule has 5 nitrogen and oxygen atoms in total. The maximum absolute atomic E-state index is 13.0. The molecule has 0 radical (unpaired) electrons. The zero-order valence-electron chi connectivity index (χ0n) is 15.2. The number of rotatable bonds is 6. The van der Waals surface area contributed by atoms with Crippen molar-refractivity contribution in [2.45, 2.75) is 13.3 Å². The van der Waals surface area contributed by atoms with E-state index in [1.807, 2.05) is 6.92 Å². The Labute approximate surface area is 177 Å². The van der Waals surface area contributed by atoms with E-state index >= 15 is 0 Å². The summed E-state index contributed by atoms with van der Waals surface area (Å²) >= 11 is 18.5. The summed E-state index contributed by atoms with van der Waals surface area (Å²) in [4.78, 5) is 27.1. The van der Waals surface area contributed by atoms with Crippen LogP contribution in [0.15, 0.2) is 42.1 Å². The number of nitrogens with one attached hydrogen (secondary N) is 1. The largest absolute Gasteiger partial charge is 0.495 e. The molecule has 0 aromatic heterocycles. The van der Waals surface area contributed by atoms with Crippen molar-refractivity contribution in [1.29, 1.82) is 0 Å². The summed E-state index contributed by atoms with van der Waals surface area (Å²) in [6.07, 6.45) is 0.640. The number of carbonyl (C=O) groups excluding carboxylic acids is 2. The molecule has 0 atom stereocenters. The SMILES string of the molecule is CCCN1C(=O)C(Nc2ccc(OC)c(Cl)c2)=C(c2ccc(Cl)cc2Cl)C1=O. The molecule has 0 aliphatic carbocycles. The number of imide groups is 1. The van der Waals surface area contributed by atoms with Crippen LogP contribution in [-0.2, 0) is 9.59 Å². The van der Waals surface area contributed by atoms with Crippen molar-refractivity contribution in [3.05, 3.63) is 62.7 Å². The maximum atomic E-state index is 13.0. The Morgan fingerprint density at radius 3 is 2.36 bits per heavy atom. The number of hydrogen-bond acceptors (Lipinski definition) is 4. The number of carbonyl (C=O) groups is 2. The lowest BCUT2D eigenvalue weighted by molar-refractivity contribution is -0.136. The molecule has 0 fully saturated rings. The molecule has 2 aromatic rings. The average Bonchev–Trinajstić information content (AvgIpc) is 2.87. The first-order chi connectivity index (χ1) is 13.4. The summed E-state index contributed by atoms with van der Waals surface area (Å²) in [5, 5.41) is 4.13. The van der Waals surface area contributed by atoms with Crippen LogP contribution >= 0.6 is 34.8 Å². The highest BCUT2D eigenvalue weighted by Crippen LogP contribution is 2.36. The number of hydrogen-bond donors (Lipinski definition) is 1. The molecule has 1 aliphatic rings. The third kappa shape index (κ3) is 3.83. The molecule has 2 amide bonds. The van der Waals surface area contributed by atoms with Gasteiger partial charge in [-0.25, -0.2) is 0 Å². The molecule has 3 rings (SSSR count). The third-order valence-electron chi connectivity index (χ3n) is 4.24. The topological polar surface area (TPSA) is 58.6 Å². The number of benzene rings is 2. The lowest BCUT2D eigenvalue weighted by atomic mass is 10.0. The minimum Gasteiger partial charge on any atom is -0.495 e. The van der Waals surface area contributed by atoms with E-state index in [0.29, 0.717) is 40.0 Å². The van der Waals surface area contributed by atoms with Crippen molar-refractivity contribution < 1.29 is 14.3 Å². The van der Waals surface area contributed by atoms with Gasteiger partial charge in [-0.05, 0) is 36.8 Å². The Morgan fingerprint density at radius 1 is 1.00 bits per heavy atom. The average molecular weight is 440 g/mol. The van der Waals surface area contributed by atoms with Crippen LogP contribution in [0, 0.1) is 0 Å². The van der Waals surface area contributed by atoms with Crippen LogP contribution in [0.3, 0.4) is 0 Å². The zero-order valence-corrected chi connectivity index (χ0v) is 17.5. The van der Waals surface area contributed by atoms with Gasteiger partial charge in [0.1, 0.15) is 11.4 Å². The molecule has 8 heteroatoms. The van der Waals surface area contributed by atoms with Gasteiger partial charge in [-0.1, -0.05) is 47.8 Å². The van der Waals surface area contributed by atoms with Crippen molar-refractivity contribution in [2.75, 3.05) is 19.0 Å². The second-order valence-electron chi connectivity index (χ2n) is 6.11. The van der Waals surface area contributed by atoms with Gasteiger partial charge in [0, 0.05) is 22.8 Å². The number of ether oxygens (including phenoxy) is 1. The molecular weight excluding hydrogens is 423 g/mol. The number of nitrogens with zero attached hydrogens (tertiary/aromatic N) is 1. The monoisotopic (exact) mass is 438 g/mol. The standard InChI is InChI=1S/C20H17Cl3N2O3/c1-3-8-25-19(26)17(13-6-4-11(21)9-14(13)22)18(20(25)27)24-12-5-7-16(28-2)15(23)10-12/h4-7,9-10,24H,3,8H2,1-2H3. The number of methoxy groups -OCH3 is 1. The van der Waals surface area contributed by atoms with Crippen LogP contribution < -0.4 is 10.1 Å². The summed E-state index contributed by atoms with van der Waals surface area (Å²) < 4.78 is 5.14. The molecule has 0 saturated heterocycles. The Morgan fingerprint density at radius 2 is 1.75 bits per heavy atom. The number of amides is 2. The number of anilines is 1. The lowest BCUT2D eigenvalue weighted by Crippen LogP contribution is -2.33. The molecule has 1 heterocycles. The fourth-order valence-electron chi connectivity index (χ4n) is 2.95.